The largest absolute Gasteiger partial charge is 0.398 e. The highest BCUT2D eigenvalue weighted by Crippen LogP contribution is 2.25. The van der Waals surface area contributed by atoms with Gasteiger partial charge >= 0.3 is 0 Å². The Bertz CT molecular complexity index is 667. The first-order chi connectivity index (χ1) is 10.7. The van der Waals surface area contributed by atoms with E-state index in [1.165, 1.54) is 17.7 Å². The molecule has 0 saturated heterocycles. The maximum atomic E-state index is 10.4. The Morgan fingerprint density at radius 2 is 1.39 bits per heavy atom. The number of nitrogens with zero attached hydrogens (tertiary/aromatic N) is 1. The van der Waals surface area contributed by atoms with E-state index in [1.54, 1.807) is 6.07 Å². The van der Waals surface area contributed by atoms with Crippen molar-refractivity contribution in [2.24, 2.45) is 0 Å². The normalized spacial score (nSPS) is 10.3. The Morgan fingerprint density at radius 1 is 0.870 bits per heavy atom. The molecule has 0 radical (unpaired) electrons. The Hall–Kier alpha value is -2.56. The predicted octanol–water partition coefficient (Wildman–Crippen LogP) is 4.69. The number of anilines is 2. The number of nitro groups is 1. The summed E-state index contributed by atoms with van der Waals surface area (Å²) in [5.74, 6) is 0.821. The van der Waals surface area contributed by atoms with Crippen molar-refractivity contribution in [2.75, 3.05) is 11.5 Å². The third kappa shape index (κ3) is 5.29. The van der Waals surface area contributed by atoms with Crippen LogP contribution in [-0.4, -0.2) is 4.92 Å². The van der Waals surface area contributed by atoms with Crippen LogP contribution in [0.25, 0.3) is 0 Å². The molecule has 0 bridgehead atoms. The lowest BCUT2D eigenvalue weighted by Gasteiger charge is -2.07. The summed E-state index contributed by atoms with van der Waals surface area (Å²) in [6, 6.07) is 12.6. The molecule has 23 heavy (non-hydrogen) atoms. The molecule has 0 saturated carbocycles. The van der Waals surface area contributed by atoms with Crippen molar-refractivity contribution in [1.82, 2.24) is 0 Å². The average molecular weight is 315 g/mol. The second-order valence-corrected chi connectivity index (χ2v) is 6.01. The van der Waals surface area contributed by atoms with Crippen LogP contribution in [0.5, 0.6) is 0 Å². The molecular formula is C18H25N3O2. The zero-order valence-electron chi connectivity index (χ0n) is 14.1. The maximum absolute atomic E-state index is 10.4. The van der Waals surface area contributed by atoms with Crippen LogP contribution in [0.2, 0.25) is 0 Å². The maximum Gasteiger partial charge on any atom is 0.271 e. The fraction of sp³-hybridized carbons (Fsp3) is 0.333. The van der Waals surface area contributed by atoms with E-state index in [4.69, 9.17) is 11.5 Å². The van der Waals surface area contributed by atoms with E-state index in [0.717, 1.165) is 11.3 Å². The van der Waals surface area contributed by atoms with Crippen molar-refractivity contribution >= 4 is 17.1 Å². The number of nitrogen functional groups attached to an aromatic ring is 2. The molecule has 0 fully saturated rings. The topological polar surface area (TPSA) is 95.2 Å². The summed E-state index contributed by atoms with van der Waals surface area (Å²) in [6.45, 7) is 8.28. The Morgan fingerprint density at radius 3 is 1.78 bits per heavy atom. The van der Waals surface area contributed by atoms with Gasteiger partial charge in [-0.2, -0.15) is 0 Å². The minimum absolute atomic E-state index is 0.0434. The van der Waals surface area contributed by atoms with Gasteiger partial charge in [-0.3, -0.25) is 10.1 Å². The highest BCUT2D eigenvalue weighted by molar-refractivity contribution is 5.55. The molecule has 0 spiro atoms. The second-order valence-electron chi connectivity index (χ2n) is 6.01. The summed E-state index contributed by atoms with van der Waals surface area (Å²) in [5.41, 5.74) is 15.0. The highest BCUT2D eigenvalue weighted by Gasteiger charge is 2.10. The van der Waals surface area contributed by atoms with Gasteiger partial charge < -0.3 is 11.5 Å². The summed E-state index contributed by atoms with van der Waals surface area (Å²) in [5, 5.41) is 10.4. The van der Waals surface area contributed by atoms with E-state index in [0.29, 0.717) is 17.5 Å². The van der Waals surface area contributed by atoms with Gasteiger partial charge in [-0.05, 0) is 35.1 Å². The van der Waals surface area contributed by atoms with Crippen molar-refractivity contribution in [2.45, 2.75) is 39.5 Å². The molecule has 5 nitrogen and oxygen atoms in total. The molecule has 4 N–H and O–H groups in total. The van der Waals surface area contributed by atoms with Crippen LogP contribution in [-0.2, 0) is 0 Å². The minimum Gasteiger partial charge on any atom is -0.398 e. The van der Waals surface area contributed by atoms with Gasteiger partial charge in [0.1, 0.15) is 0 Å². The van der Waals surface area contributed by atoms with Crippen LogP contribution in [0.4, 0.5) is 17.1 Å². The van der Waals surface area contributed by atoms with Crippen molar-refractivity contribution in [1.29, 1.82) is 0 Å². The van der Waals surface area contributed by atoms with Crippen LogP contribution in [0.1, 0.15) is 50.7 Å². The Kier molecular flexibility index (Phi) is 6.57. The van der Waals surface area contributed by atoms with Crippen molar-refractivity contribution < 1.29 is 4.92 Å². The van der Waals surface area contributed by atoms with Crippen LogP contribution >= 0.6 is 0 Å². The van der Waals surface area contributed by atoms with Gasteiger partial charge in [-0.1, -0.05) is 45.9 Å². The molecule has 0 aromatic heterocycles. The van der Waals surface area contributed by atoms with E-state index >= 15 is 0 Å². The molecule has 2 rings (SSSR count). The monoisotopic (exact) mass is 315 g/mol. The third-order valence-corrected chi connectivity index (χ3v) is 3.52. The minimum atomic E-state index is -0.444. The molecule has 2 aromatic carbocycles. The summed E-state index contributed by atoms with van der Waals surface area (Å²) in [6.07, 6.45) is 0. The summed E-state index contributed by atoms with van der Waals surface area (Å²) >= 11 is 0. The molecule has 2 aromatic rings. The molecular weight excluding hydrogens is 290 g/mol. The second kappa shape index (κ2) is 8.17. The number of rotatable bonds is 3. The van der Waals surface area contributed by atoms with Crippen molar-refractivity contribution in [3.8, 4) is 0 Å². The zero-order valence-corrected chi connectivity index (χ0v) is 14.1. The number of para-hydroxylation sites is 1. The lowest BCUT2D eigenvalue weighted by molar-refractivity contribution is -0.384. The van der Waals surface area contributed by atoms with Gasteiger partial charge in [0.15, 0.2) is 0 Å². The van der Waals surface area contributed by atoms with E-state index < -0.39 is 4.92 Å². The fourth-order valence-electron chi connectivity index (χ4n) is 2.24. The smallest absolute Gasteiger partial charge is 0.271 e. The van der Waals surface area contributed by atoms with Crippen LogP contribution < -0.4 is 11.5 Å². The number of hydrogen-bond acceptors (Lipinski definition) is 4. The number of nitro benzene ring substituents is 1. The summed E-state index contributed by atoms with van der Waals surface area (Å²) in [4.78, 5) is 9.94. The van der Waals surface area contributed by atoms with E-state index in [-0.39, 0.29) is 5.69 Å². The van der Waals surface area contributed by atoms with Crippen LogP contribution in [0.3, 0.4) is 0 Å². The molecule has 5 heteroatoms. The number of nitrogens with two attached hydrogens (primary N) is 2. The molecule has 0 atom stereocenters. The van der Waals surface area contributed by atoms with Crippen LogP contribution in [0.15, 0.2) is 42.5 Å². The van der Waals surface area contributed by atoms with E-state index in [9.17, 15) is 10.1 Å². The van der Waals surface area contributed by atoms with Crippen LogP contribution in [0, 0.1) is 10.1 Å². The predicted molar refractivity (Wildman–Crippen MR) is 96.5 cm³/mol. The zero-order chi connectivity index (χ0) is 17.6. The molecule has 0 aliphatic heterocycles. The van der Waals surface area contributed by atoms with Crippen molar-refractivity contribution in [3.63, 3.8) is 0 Å². The highest BCUT2D eigenvalue weighted by atomic mass is 16.6. The Labute approximate surface area is 137 Å². The van der Waals surface area contributed by atoms with Gasteiger partial charge in [0.2, 0.25) is 0 Å². The van der Waals surface area contributed by atoms with Gasteiger partial charge in [0, 0.05) is 23.5 Å². The third-order valence-electron chi connectivity index (χ3n) is 3.52. The first kappa shape index (κ1) is 18.5. The molecule has 0 amide bonds. The summed E-state index contributed by atoms with van der Waals surface area (Å²) < 4.78 is 0. The van der Waals surface area contributed by atoms with Gasteiger partial charge in [0.25, 0.3) is 5.69 Å². The number of benzene rings is 2. The number of non-ortho nitro benzene ring substituents is 1. The Balaban J connectivity index is 0.000000238. The lowest BCUT2D eigenvalue weighted by atomic mass is 10.0. The molecule has 0 aliphatic rings. The molecule has 0 unspecified atom stereocenters. The van der Waals surface area contributed by atoms with Gasteiger partial charge in [-0.15, -0.1) is 0 Å². The first-order valence-corrected chi connectivity index (χ1v) is 7.62. The molecule has 0 heterocycles. The van der Waals surface area contributed by atoms with Gasteiger partial charge in [0.05, 0.1) is 4.92 Å². The lowest BCUT2D eigenvalue weighted by Crippen LogP contribution is -1.98. The number of hydrogen-bond donors (Lipinski definition) is 2. The molecule has 124 valence electrons. The fourth-order valence-corrected chi connectivity index (χ4v) is 2.24. The average Bonchev–Trinajstić information content (AvgIpc) is 2.47. The van der Waals surface area contributed by atoms with E-state index in [2.05, 4.69) is 19.9 Å². The standard InChI is InChI=1S/C9H12N2O2.C9H13N/c1-6(2)8-4-3-7(11(12)13)5-9(8)10;1-7(2)8-5-3-4-6-9(8)10/h3-6H,10H2,1-2H3;3-7H,10H2,1-2H3. The van der Waals surface area contributed by atoms with Gasteiger partial charge in [-0.25, -0.2) is 0 Å². The quantitative estimate of drug-likeness (QED) is 0.488. The van der Waals surface area contributed by atoms with E-state index in [1.807, 2.05) is 32.0 Å². The SMILES string of the molecule is CC(C)c1ccc([N+](=O)[O-])cc1N.CC(C)c1ccccc1N. The molecule has 0 aliphatic carbocycles. The summed E-state index contributed by atoms with van der Waals surface area (Å²) in [7, 11) is 0. The van der Waals surface area contributed by atoms with Crippen molar-refractivity contribution in [3.05, 3.63) is 63.7 Å². The first-order valence-electron chi connectivity index (χ1n) is 7.62.